The molecule has 5 aromatic carbocycles. The van der Waals surface area contributed by atoms with E-state index >= 15 is 0 Å². The minimum Gasteiger partial charge on any atom is -0.0654 e. The zero-order valence-corrected chi connectivity index (χ0v) is 23.7. The highest BCUT2D eigenvalue weighted by Crippen LogP contribution is 2.34. The first-order valence-corrected chi connectivity index (χ1v) is 16.6. The molecule has 0 unspecified atom stereocenters. The molecule has 0 aliphatic rings. The van der Waals surface area contributed by atoms with Crippen LogP contribution >= 0.6 is 0 Å². The van der Waals surface area contributed by atoms with Gasteiger partial charge in [0.2, 0.25) is 0 Å². The van der Waals surface area contributed by atoms with Gasteiger partial charge in [-0.1, -0.05) is 166 Å². The molecule has 0 atom stereocenters. The summed E-state index contributed by atoms with van der Waals surface area (Å²) in [6, 6.07) is 49.6. The summed E-state index contributed by atoms with van der Waals surface area (Å²) in [5, 5.41) is 4.41. The lowest BCUT2D eigenvalue weighted by molar-refractivity contribution is 0.667. The molecule has 0 heterocycles. The zero-order chi connectivity index (χ0) is 26.2. The Morgan fingerprint density at radius 2 is 1.03 bits per heavy atom. The Morgan fingerprint density at radius 1 is 0.526 bits per heavy atom. The second-order valence-corrected chi connectivity index (χ2v) is 14.4. The lowest BCUT2D eigenvalue weighted by Gasteiger charge is -2.33. The minimum atomic E-state index is -2.36. The molecule has 0 aliphatic heterocycles. The van der Waals surface area contributed by atoms with Gasteiger partial charge in [-0.15, -0.1) is 0 Å². The van der Waals surface area contributed by atoms with Crippen LogP contribution in [0.15, 0.2) is 133 Å². The quantitative estimate of drug-likeness (QED) is 0.101. The standard InChI is InChI=1S/C37H38Si/c1-3-4-5-10-19-30-28-35(31-20-11-6-12-21-31)37(32-22-13-7-14-23-32)36(29-30)38(2,33-24-15-8-16-25-33)34-26-17-9-18-27-34/h6-9,11-18,20-29H,3-5,10,19H2,1-2H3. The van der Waals surface area contributed by atoms with Gasteiger partial charge in [0.05, 0.1) is 0 Å². The van der Waals surface area contributed by atoms with E-state index in [1.165, 1.54) is 69.1 Å². The summed E-state index contributed by atoms with van der Waals surface area (Å²) >= 11 is 0. The van der Waals surface area contributed by atoms with E-state index in [4.69, 9.17) is 0 Å². The summed E-state index contributed by atoms with van der Waals surface area (Å²) in [4.78, 5) is 0. The highest BCUT2D eigenvalue weighted by Gasteiger charge is 2.37. The maximum absolute atomic E-state index is 2.58. The maximum atomic E-state index is 2.58. The van der Waals surface area contributed by atoms with Crippen molar-refractivity contribution in [1.29, 1.82) is 0 Å². The van der Waals surface area contributed by atoms with Gasteiger partial charge in [0.25, 0.3) is 0 Å². The average molecular weight is 511 g/mol. The molecule has 0 radical (unpaired) electrons. The molecular weight excluding hydrogens is 472 g/mol. The van der Waals surface area contributed by atoms with Crippen molar-refractivity contribution in [3.8, 4) is 22.3 Å². The van der Waals surface area contributed by atoms with Gasteiger partial charge in [-0.3, -0.25) is 0 Å². The Kier molecular flexibility index (Phi) is 8.36. The van der Waals surface area contributed by atoms with Crippen LogP contribution in [0.4, 0.5) is 0 Å². The molecule has 5 aromatic rings. The van der Waals surface area contributed by atoms with Crippen LogP contribution in [0.1, 0.15) is 38.2 Å². The van der Waals surface area contributed by atoms with Crippen molar-refractivity contribution in [2.45, 2.75) is 45.6 Å². The summed E-state index contributed by atoms with van der Waals surface area (Å²) < 4.78 is 0. The normalized spacial score (nSPS) is 11.4. The molecule has 190 valence electrons. The SMILES string of the molecule is CCCCCCc1cc(-c2ccccc2)c(-c2ccccc2)c([Si](C)(c2ccccc2)c2ccccc2)c1. The van der Waals surface area contributed by atoms with E-state index < -0.39 is 8.07 Å². The number of unbranched alkanes of at least 4 members (excludes halogenated alkanes) is 3. The van der Waals surface area contributed by atoms with Gasteiger partial charge < -0.3 is 0 Å². The first-order chi connectivity index (χ1) is 18.7. The average Bonchev–Trinajstić information content (AvgIpc) is 3.00. The molecule has 5 rings (SSSR count). The predicted molar refractivity (Wildman–Crippen MR) is 169 cm³/mol. The fourth-order valence-electron chi connectivity index (χ4n) is 5.78. The van der Waals surface area contributed by atoms with Crippen molar-refractivity contribution in [3.63, 3.8) is 0 Å². The molecule has 0 aromatic heterocycles. The summed E-state index contributed by atoms with van der Waals surface area (Å²) in [6.07, 6.45) is 6.22. The van der Waals surface area contributed by atoms with E-state index in [0.717, 1.165) is 6.42 Å². The fraction of sp³-hybridized carbons (Fsp3) is 0.189. The van der Waals surface area contributed by atoms with Crippen molar-refractivity contribution in [2.24, 2.45) is 0 Å². The fourth-order valence-corrected chi connectivity index (χ4v) is 9.70. The molecule has 1 heteroatoms. The highest BCUT2D eigenvalue weighted by molar-refractivity contribution is 7.11. The van der Waals surface area contributed by atoms with E-state index in [-0.39, 0.29) is 0 Å². The molecular formula is C37H38Si. The van der Waals surface area contributed by atoms with Crippen molar-refractivity contribution in [1.82, 2.24) is 0 Å². The molecule has 0 aliphatic carbocycles. The Hall–Kier alpha value is -3.68. The van der Waals surface area contributed by atoms with Crippen LogP contribution in [0.2, 0.25) is 6.55 Å². The van der Waals surface area contributed by atoms with Gasteiger partial charge in [-0.25, -0.2) is 0 Å². The van der Waals surface area contributed by atoms with Gasteiger partial charge in [0, 0.05) is 0 Å². The third-order valence-electron chi connectivity index (χ3n) is 7.91. The van der Waals surface area contributed by atoms with Crippen molar-refractivity contribution >= 4 is 23.6 Å². The second kappa shape index (κ2) is 12.2. The molecule has 0 spiro atoms. The zero-order valence-electron chi connectivity index (χ0n) is 22.7. The van der Waals surface area contributed by atoms with Gasteiger partial charge in [0.15, 0.2) is 0 Å². The molecule has 0 amide bonds. The molecule has 0 N–H and O–H groups in total. The van der Waals surface area contributed by atoms with E-state index in [1.807, 2.05) is 0 Å². The van der Waals surface area contributed by atoms with Gasteiger partial charge >= 0.3 is 0 Å². The number of hydrogen-bond donors (Lipinski definition) is 0. The molecule has 0 saturated carbocycles. The van der Waals surface area contributed by atoms with E-state index in [2.05, 4.69) is 147 Å². The Balaban J connectivity index is 1.84. The van der Waals surface area contributed by atoms with E-state index in [9.17, 15) is 0 Å². The summed E-state index contributed by atoms with van der Waals surface area (Å²) in [7, 11) is -2.36. The minimum absolute atomic E-state index is 1.12. The van der Waals surface area contributed by atoms with Crippen molar-refractivity contribution < 1.29 is 0 Å². The largest absolute Gasteiger partial charge is 0.146 e. The Labute approximate surface area is 230 Å². The maximum Gasteiger partial charge on any atom is 0.146 e. The lowest BCUT2D eigenvalue weighted by Crippen LogP contribution is -2.65. The van der Waals surface area contributed by atoms with Gasteiger partial charge in [0.1, 0.15) is 8.07 Å². The third-order valence-corrected chi connectivity index (χ3v) is 12.4. The third kappa shape index (κ3) is 5.44. The molecule has 0 fully saturated rings. The van der Waals surface area contributed by atoms with Gasteiger partial charge in [-0.2, -0.15) is 0 Å². The number of benzene rings is 5. The highest BCUT2D eigenvalue weighted by atomic mass is 28.3. The second-order valence-electron chi connectivity index (χ2n) is 10.5. The molecule has 0 bridgehead atoms. The van der Waals surface area contributed by atoms with Gasteiger partial charge in [-0.05, 0) is 56.2 Å². The van der Waals surface area contributed by atoms with Crippen molar-refractivity contribution in [2.75, 3.05) is 0 Å². The van der Waals surface area contributed by atoms with Crippen LogP contribution < -0.4 is 15.6 Å². The summed E-state index contributed by atoms with van der Waals surface area (Å²) in [5.41, 5.74) is 6.78. The smallest absolute Gasteiger partial charge is 0.0654 e. The molecule has 0 saturated heterocycles. The van der Waals surface area contributed by atoms with Crippen LogP contribution in [0.3, 0.4) is 0 Å². The first-order valence-electron chi connectivity index (χ1n) is 14.1. The van der Waals surface area contributed by atoms with Crippen LogP contribution in [0, 0.1) is 0 Å². The number of rotatable bonds is 10. The van der Waals surface area contributed by atoms with Crippen molar-refractivity contribution in [3.05, 3.63) is 139 Å². The Bertz CT molecular complexity index is 1380. The number of hydrogen-bond acceptors (Lipinski definition) is 0. The molecule has 0 nitrogen and oxygen atoms in total. The van der Waals surface area contributed by atoms with E-state index in [1.54, 1.807) is 0 Å². The van der Waals surface area contributed by atoms with Crippen LogP contribution in [-0.2, 0) is 6.42 Å². The Morgan fingerprint density at radius 3 is 1.55 bits per heavy atom. The molecule has 38 heavy (non-hydrogen) atoms. The summed E-state index contributed by atoms with van der Waals surface area (Å²) in [6.45, 7) is 4.84. The summed E-state index contributed by atoms with van der Waals surface area (Å²) in [5.74, 6) is 0. The lowest BCUT2D eigenvalue weighted by atomic mass is 9.91. The van der Waals surface area contributed by atoms with E-state index in [0.29, 0.717) is 0 Å². The van der Waals surface area contributed by atoms with Crippen LogP contribution in [-0.4, -0.2) is 8.07 Å². The topological polar surface area (TPSA) is 0 Å². The predicted octanol–water partition coefficient (Wildman–Crippen LogP) is 8.24. The monoisotopic (exact) mass is 510 g/mol. The van der Waals surface area contributed by atoms with Crippen LogP contribution in [0.5, 0.6) is 0 Å². The van der Waals surface area contributed by atoms with Crippen LogP contribution in [0.25, 0.3) is 22.3 Å². The number of aryl methyl sites for hydroxylation is 1. The first kappa shape index (κ1) is 25.9.